The molecule has 6 nitrogen and oxygen atoms in total. The van der Waals surface area contributed by atoms with Gasteiger partial charge in [-0.2, -0.15) is 0 Å². The van der Waals surface area contributed by atoms with Gasteiger partial charge in [0, 0.05) is 38.6 Å². The molecule has 1 unspecified atom stereocenters. The van der Waals surface area contributed by atoms with Crippen LogP contribution in [0.2, 0.25) is 0 Å². The Hall–Kier alpha value is -1.14. The normalized spacial score (nSPS) is 42.3. The Balaban J connectivity index is 1.21. The Bertz CT molecular complexity index is 595. The van der Waals surface area contributed by atoms with Crippen molar-refractivity contribution in [3.63, 3.8) is 0 Å². The fraction of sp³-hybridized carbons (Fsp3) is 0.900. The first-order chi connectivity index (χ1) is 12.6. The van der Waals surface area contributed by atoms with E-state index >= 15 is 0 Å². The minimum atomic E-state index is -0.318. The van der Waals surface area contributed by atoms with Crippen LogP contribution >= 0.6 is 0 Å². The second-order valence-electron chi connectivity index (χ2n) is 9.26. The molecule has 4 aliphatic heterocycles. The van der Waals surface area contributed by atoms with Gasteiger partial charge in [0.25, 0.3) is 0 Å². The molecule has 5 fully saturated rings. The Morgan fingerprint density at radius 1 is 1.15 bits per heavy atom. The third kappa shape index (κ3) is 2.52. The Morgan fingerprint density at radius 3 is 2.62 bits per heavy atom. The number of likely N-dealkylation sites (tertiary alicyclic amines) is 3. The second kappa shape index (κ2) is 6.20. The third-order valence-corrected chi connectivity index (χ3v) is 7.89. The molecule has 1 spiro atoms. The minimum Gasteiger partial charge on any atom is -0.381 e. The van der Waals surface area contributed by atoms with E-state index in [1.54, 1.807) is 0 Å². The molecule has 1 saturated carbocycles. The van der Waals surface area contributed by atoms with Crippen LogP contribution in [0.5, 0.6) is 0 Å². The number of carbonyl (C=O) groups excluding carboxylic acids is 2. The summed E-state index contributed by atoms with van der Waals surface area (Å²) < 4.78 is 5.43. The summed E-state index contributed by atoms with van der Waals surface area (Å²) in [6, 6.07) is 0. The predicted molar refractivity (Wildman–Crippen MR) is 96.3 cm³/mol. The Morgan fingerprint density at radius 2 is 1.88 bits per heavy atom. The van der Waals surface area contributed by atoms with E-state index in [2.05, 4.69) is 16.7 Å². The van der Waals surface area contributed by atoms with Crippen LogP contribution in [0.4, 0.5) is 0 Å². The first-order valence-corrected chi connectivity index (χ1v) is 10.5. The number of fused-ring (bicyclic) bond motifs is 1. The van der Waals surface area contributed by atoms with E-state index in [0.717, 1.165) is 45.8 Å². The van der Waals surface area contributed by atoms with Gasteiger partial charge in [-0.05, 0) is 50.1 Å². The summed E-state index contributed by atoms with van der Waals surface area (Å²) in [4.78, 5) is 32.7. The third-order valence-electron chi connectivity index (χ3n) is 7.89. The monoisotopic (exact) mass is 361 g/mol. The van der Waals surface area contributed by atoms with E-state index in [-0.39, 0.29) is 23.2 Å². The van der Waals surface area contributed by atoms with Crippen LogP contribution in [0.3, 0.4) is 0 Å². The summed E-state index contributed by atoms with van der Waals surface area (Å²) in [5.41, 5.74) is -0.318. The lowest BCUT2D eigenvalue weighted by Crippen LogP contribution is -2.42. The Labute approximate surface area is 155 Å². The fourth-order valence-electron chi connectivity index (χ4n) is 5.99. The lowest BCUT2D eigenvalue weighted by atomic mass is 9.78. The zero-order valence-corrected chi connectivity index (χ0v) is 15.9. The maximum absolute atomic E-state index is 13.2. The lowest BCUT2D eigenvalue weighted by Gasteiger charge is -2.27. The molecule has 144 valence electrons. The molecule has 0 aromatic rings. The average molecular weight is 361 g/mol. The van der Waals surface area contributed by atoms with Crippen molar-refractivity contribution in [2.45, 2.75) is 26.2 Å². The van der Waals surface area contributed by atoms with Crippen LogP contribution in [0.25, 0.3) is 0 Å². The molecule has 5 aliphatic rings. The number of hydrogen-bond acceptors (Lipinski definition) is 4. The number of ether oxygens (including phenoxy) is 1. The van der Waals surface area contributed by atoms with Gasteiger partial charge in [0.1, 0.15) is 0 Å². The molecule has 0 bridgehead atoms. The summed E-state index contributed by atoms with van der Waals surface area (Å²) in [6.45, 7) is 10.1. The zero-order valence-electron chi connectivity index (χ0n) is 15.9. The van der Waals surface area contributed by atoms with Crippen molar-refractivity contribution in [1.29, 1.82) is 0 Å². The molecule has 0 radical (unpaired) electrons. The molecule has 4 saturated heterocycles. The topological polar surface area (TPSA) is 53.1 Å². The van der Waals surface area contributed by atoms with Gasteiger partial charge in [-0.15, -0.1) is 0 Å². The van der Waals surface area contributed by atoms with E-state index in [1.165, 1.54) is 25.9 Å². The summed E-state index contributed by atoms with van der Waals surface area (Å²) in [6.07, 6.45) is 3.50. The molecule has 26 heavy (non-hydrogen) atoms. The molecule has 1 aliphatic carbocycles. The molecule has 5 atom stereocenters. The SMILES string of the molecule is C[C@@H]1CN(C(=O)C2[C@H]3COC[C@@H]23)C[C@]12CCN(CCN1CCCC1)C2=O. The maximum Gasteiger partial charge on any atom is 0.231 e. The minimum absolute atomic E-state index is 0.175. The number of amides is 2. The van der Waals surface area contributed by atoms with Crippen molar-refractivity contribution < 1.29 is 14.3 Å². The van der Waals surface area contributed by atoms with Crippen molar-refractivity contribution in [3.05, 3.63) is 0 Å². The summed E-state index contributed by atoms with van der Waals surface area (Å²) in [7, 11) is 0. The molecule has 4 heterocycles. The summed E-state index contributed by atoms with van der Waals surface area (Å²) in [5.74, 6) is 1.94. The second-order valence-corrected chi connectivity index (χ2v) is 9.26. The van der Waals surface area contributed by atoms with Gasteiger partial charge >= 0.3 is 0 Å². The molecule has 5 rings (SSSR count). The van der Waals surface area contributed by atoms with E-state index in [0.29, 0.717) is 24.3 Å². The van der Waals surface area contributed by atoms with E-state index in [4.69, 9.17) is 4.74 Å². The predicted octanol–water partition coefficient (Wildman–Crippen LogP) is 0.672. The maximum atomic E-state index is 13.2. The highest BCUT2D eigenvalue weighted by molar-refractivity contribution is 5.89. The summed E-state index contributed by atoms with van der Waals surface area (Å²) >= 11 is 0. The summed E-state index contributed by atoms with van der Waals surface area (Å²) in [5, 5.41) is 0. The first-order valence-electron chi connectivity index (χ1n) is 10.5. The van der Waals surface area contributed by atoms with Gasteiger partial charge in [0.05, 0.1) is 18.6 Å². The van der Waals surface area contributed by atoms with Crippen LogP contribution < -0.4 is 0 Å². The van der Waals surface area contributed by atoms with Crippen molar-refractivity contribution in [1.82, 2.24) is 14.7 Å². The molecule has 6 heteroatoms. The van der Waals surface area contributed by atoms with Crippen LogP contribution in [0, 0.1) is 29.1 Å². The van der Waals surface area contributed by atoms with Crippen LogP contribution in [0.15, 0.2) is 0 Å². The van der Waals surface area contributed by atoms with Gasteiger partial charge in [-0.3, -0.25) is 9.59 Å². The molecule has 0 N–H and O–H groups in total. The molecule has 0 aromatic carbocycles. The standard InChI is InChI=1S/C20H31N3O3/c1-14-10-23(18(24)17-15-11-26-12-16(15)17)13-20(14)4-7-22(19(20)25)9-8-21-5-2-3-6-21/h14-17H,2-13H2,1H3/t14-,15-,16+,17?,20-/m1/s1. The van der Waals surface area contributed by atoms with Gasteiger partial charge < -0.3 is 19.4 Å². The van der Waals surface area contributed by atoms with Crippen molar-refractivity contribution in [2.24, 2.45) is 29.1 Å². The molecule has 2 amide bonds. The first kappa shape index (κ1) is 17.0. The fourth-order valence-corrected chi connectivity index (χ4v) is 5.99. The highest BCUT2D eigenvalue weighted by Crippen LogP contribution is 2.53. The van der Waals surface area contributed by atoms with E-state index in [1.807, 2.05) is 4.90 Å². The molecule has 0 aromatic heterocycles. The number of hydrogen-bond donors (Lipinski definition) is 0. The Kier molecular flexibility index (Phi) is 4.05. The highest BCUT2D eigenvalue weighted by Gasteiger charge is 2.62. The van der Waals surface area contributed by atoms with Crippen LogP contribution in [-0.4, -0.2) is 85.5 Å². The molecular formula is C20H31N3O3. The number of carbonyl (C=O) groups is 2. The van der Waals surface area contributed by atoms with Crippen molar-refractivity contribution in [3.8, 4) is 0 Å². The zero-order chi connectivity index (χ0) is 17.9. The van der Waals surface area contributed by atoms with E-state index in [9.17, 15) is 9.59 Å². The van der Waals surface area contributed by atoms with Gasteiger partial charge in [0.15, 0.2) is 0 Å². The largest absolute Gasteiger partial charge is 0.381 e. The van der Waals surface area contributed by atoms with Gasteiger partial charge in [-0.25, -0.2) is 0 Å². The quantitative estimate of drug-likeness (QED) is 0.739. The van der Waals surface area contributed by atoms with Crippen LogP contribution in [-0.2, 0) is 14.3 Å². The number of rotatable bonds is 4. The van der Waals surface area contributed by atoms with Crippen molar-refractivity contribution in [2.75, 3.05) is 59.0 Å². The van der Waals surface area contributed by atoms with Crippen LogP contribution in [0.1, 0.15) is 26.2 Å². The smallest absolute Gasteiger partial charge is 0.231 e. The average Bonchev–Trinajstić information content (AvgIpc) is 3.18. The molecular weight excluding hydrogens is 330 g/mol. The van der Waals surface area contributed by atoms with E-state index < -0.39 is 0 Å². The number of nitrogens with zero attached hydrogens (tertiary/aromatic N) is 3. The van der Waals surface area contributed by atoms with Gasteiger partial charge in [-0.1, -0.05) is 6.92 Å². The lowest BCUT2D eigenvalue weighted by molar-refractivity contribution is -0.138. The van der Waals surface area contributed by atoms with Crippen molar-refractivity contribution >= 4 is 11.8 Å². The van der Waals surface area contributed by atoms with Gasteiger partial charge in [0.2, 0.25) is 11.8 Å². The highest BCUT2D eigenvalue weighted by atomic mass is 16.5.